The van der Waals surface area contributed by atoms with Crippen molar-refractivity contribution >= 4 is 0 Å². The fourth-order valence-electron chi connectivity index (χ4n) is 5.04. The van der Waals surface area contributed by atoms with E-state index in [1.165, 1.54) is 17.7 Å². The van der Waals surface area contributed by atoms with Gasteiger partial charge in [0.15, 0.2) is 11.5 Å². The summed E-state index contributed by atoms with van der Waals surface area (Å²) in [5, 5.41) is 9.29. The second-order valence-electron chi connectivity index (χ2n) is 9.24. The molecule has 3 aromatic carbocycles. The zero-order valence-electron chi connectivity index (χ0n) is 19.9. The lowest BCUT2D eigenvalue weighted by Gasteiger charge is -2.31. The van der Waals surface area contributed by atoms with Crippen molar-refractivity contribution in [1.82, 2.24) is 4.90 Å². The zero-order chi connectivity index (χ0) is 24.3. The Balaban J connectivity index is 1.25. The molecule has 0 saturated heterocycles. The molecule has 3 aromatic rings. The number of rotatable bonds is 8. The molecule has 0 bridgehead atoms. The highest BCUT2D eigenvalue weighted by molar-refractivity contribution is 5.48. The first-order valence-electron chi connectivity index (χ1n) is 12.1. The van der Waals surface area contributed by atoms with Crippen LogP contribution in [-0.2, 0) is 23.4 Å². The SMILES string of the molecule is CN(CCCC1(c2ccc(F)cc2)OCc2cc(C#N)ccc21)CCc1ccc2c(c1)OCCO2. The first kappa shape index (κ1) is 23.3. The van der Waals surface area contributed by atoms with E-state index in [0.717, 1.165) is 60.5 Å². The van der Waals surface area contributed by atoms with Gasteiger partial charge in [-0.2, -0.15) is 5.26 Å². The van der Waals surface area contributed by atoms with Gasteiger partial charge in [-0.3, -0.25) is 0 Å². The number of halogens is 1. The first-order valence-corrected chi connectivity index (χ1v) is 12.1. The Kier molecular flexibility index (Phi) is 6.72. The van der Waals surface area contributed by atoms with Crippen LogP contribution in [-0.4, -0.2) is 38.3 Å². The maximum Gasteiger partial charge on any atom is 0.161 e. The lowest BCUT2D eigenvalue weighted by atomic mass is 9.81. The van der Waals surface area contributed by atoms with Gasteiger partial charge in [-0.15, -0.1) is 0 Å². The second-order valence-corrected chi connectivity index (χ2v) is 9.24. The van der Waals surface area contributed by atoms with E-state index in [1.54, 1.807) is 0 Å². The van der Waals surface area contributed by atoms with Crippen LogP contribution in [0.5, 0.6) is 11.5 Å². The molecular weight excluding hydrogens is 443 g/mol. The van der Waals surface area contributed by atoms with Crippen LogP contribution in [0.25, 0.3) is 0 Å². The normalized spacial score (nSPS) is 18.3. The van der Waals surface area contributed by atoms with Gasteiger partial charge in [0.1, 0.15) is 24.6 Å². The van der Waals surface area contributed by atoms with E-state index in [9.17, 15) is 9.65 Å². The summed E-state index contributed by atoms with van der Waals surface area (Å²) in [7, 11) is 2.13. The molecule has 5 rings (SSSR count). The van der Waals surface area contributed by atoms with Crippen LogP contribution in [0.4, 0.5) is 4.39 Å². The Hall–Kier alpha value is -3.40. The van der Waals surface area contributed by atoms with Gasteiger partial charge in [0.2, 0.25) is 0 Å². The summed E-state index contributed by atoms with van der Waals surface area (Å²) in [6.07, 6.45) is 2.60. The molecule has 0 aromatic heterocycles. The Morgan fingerprint density at radius 1 is 0.971 bits per heavy atom. The second kappa shape index (κ2) is 10.1. The van der Waals surface area contributed by atoms with Crippen molar-refractivity contribution in [3.8, 4) is 17.6 Å². The van der Waals surface area contributed by atoms with Crippen molar-refractivity contribution in [3.05, 3.63) is 94.3 Å². The molecule has 1 unspecified atom stereocenters. The fourth-order valence-corrected chi connectivity index (χ4v) is 5.04. The summed E-state index contributed by atoms with van der Waals surface area (Å²) in [5.41, 5.74) is 4.27. The van der Waals surface area contributed by atoms with Crippen LogP contribution in [0.1, 0.15) is 40.7 Å². The van der Waals surface area contributed by atoms with E-state index >= 15 is 0 Å². The number of benzene rings is 3. The molecule has 0 amide bonds. The van der Waals surface area contributed by atoms with Crippen LogP contribution >= 0.6 is 0 Å². The third-order valence-electron chi connectivity index (χ3n) is 6.91. The van der Waals surface area contributed by atoms with Gasteiger partial charge < -0.3 is 19.1 Å². The maximum absolute atomic E-state index is 13.7. The largest absolute Gasteiger partial charge is 0.486 e. The van der Waals surface area contributed by atoms with Crippen molar-refractivity contribution < 1.29 is 18.6 Å². The average molecular weight is 473 g/mol. The van der Waals surface area contributed by atoms with Crippen LogP contribution in [0, 0.1) is 17.1 Å². The number of ether oxygens (including phenoxy) is 3. The standard InChI is InChI=1S/C29H29FN2O3/c1-32(14-11-21-4-10-27-28(18-21)34-16-15-33-27)13-2-12-29(24-5-7-25(30)8-6-24)26-9-3-22(19-31)17-23(26)20-35-29/h3-10,17-18H,2,11-16,20H2,1H3. The molecule has 0 radical (unpaired) electrons. The number of nitrogens with zero attached hydrogens (tertiary/aromatic N) is 2. The minimum Gasteiger partial charge on any atom is -0.486 e. The lowest BCUT2D eigenvalue weighted by molar-refractivity contribution is -0.0142. The van der Waals surface area contributed by atoms with Gasteiger partial charge in [-0.25, -0.2) is 4.39 Å². The zero-order valence-corrected chi connectivity index (χ0v) is 19.9. The molecular formula is C29H29FN2O3. The molecule has 0 aliphatic carbocycles. The predicted octanol–water partition coefficient (Wildman–Crippen LogP) is 5.20. The quantitative estimate of drug-likeness (QED) is 0.451. The summed E-state index contributed by atoms with van der Waals surface area (Å²) >= 11 is 0. The van der Waals surface area contributed by atoms with E-state index in [4.69, 9.17) is 14.2 Å². The van der Waals surface area contributed by atoms with Gasteiger partial charge in [-0.05, 0) is 91.5 Å². The number of hydrogen-bond acceptors (Lipinski definition) is 5. The van der Waals surface area contributed by atoms with Crippen molar-refractivity contribution in [3.63, 3.8) is 0 Å². The Bertz CT molecular complexity index is 1240. The Morgan fingerprint density at radius 3 is 2.57 bits per heavy atom. The first-order chi connectivity index (χ1) is 17.1. The molecule has 35 heavy (non-hydrogen) atoms. The molecule has 0 fully saturated rings. The molecule has 5 nitrogen and oxygen atoms in total. The number of nitriles is 1. The number of likely N-dealkylation sites (N-methyl/N-ethyl adjacent to an activating group) is 1. The molecule has 6 heteroatoms. The summed E-state index contributed by atoms with van der Waals surface area (Å²) in [6.45, 7) is 3.47. The van der Waals surface area contributed by atoms with Crippen LogP contribution < -0.4 is 9.47 Å². The van der Waals surface area contributed by atoms with E-state index in [1.807, 2.05) is 36.4 Å². The van der Waals surface area contributed by atoms with E-state index in [2.05, 4.69) is 30.1 Å². The molecule has 1 atom stereocenters. The highest BCUT2D eigenvalue weighted by Gasteiger charge is 2.41. The monoisotopic (exact) mass is 472 g/mol. The lowest BCUT2D eigenvalue weighted by Crippen LogP contribution is -2.30. The van der Waals surface area contributed by atoms with E-state index in [0.29, 0.717) is 25.4 Å². The predicted molar refractivity (Wildman–Crippen MR) is 131 cm³/mol. The average Bonchev–Trinajstić information content (AvgIpc) is 3.26. The molecule has 0 spiro atoms. The van der Waals surface area contributed by atoms with Crippen LogP contribution in [0.3, 0.4) is 0 Å². The van der Waals surface area contributed by atoms with Crippen LogP contribution in [0.15, 0.2) is 60.7 Å². The number of hydrogen-bond donors (Lipinski definition) is 0. The minimum absolute atomic E-state index is 0.263. The summed E-state index contributed by atoms with van der Waals surface area (Å²) in [6, 6.07) is 20.7. The van der Waals surface area contributed by atoms with Crippen molar-refractivity contribution in [1.29, 1.82) is 5.26 Å². The fraction of sp³-hybridized carbons (Fsp3) is 0.345. The Morgan fingerprint density at radius 2 is 1.77 bits per heavy atom. The Labute approximate surface area is 205 Å². The minimum atomic E-state index is -0.631. The maximum atomic E-state index is 13.7. The summed E-state index contributed by atoms with van der Waals surface area (Å²) in [4.78, 5) is 2.32. The van der Waals surface area contributed by atoms with Crippen LogP contribution in [0.2, 0.25) is 0 Å². The third kappa shape index (κ3) is 4.88. The topological polar surface area (TPSA) is 54.7 Å². The molecule has 180 valence electrons. The van der Waals surface area contributed by atoms with Crippen molar-refractivity contribution in [2.45, 2.75) is 31.5 Å². The summed E-state index contributed by atoms with van der Waals surface area (Å²) < 4.78 is 31.4. The summed E-state index contributed by atoms with van der Waals surface area (Å²) in [5.74, 6) is 1.38. The van der Waals surface area contributed by atoms with Crippen molar-refractivity contribution in [2.24, 2.45) is 0 Å². The molecule has 0 N–H and O–H groups in total. The molecule has 0 saturated carbocycles. The van der Waals surface area contributed by atoms with Gasteiger partial charge in [-0.1, -0.05) is 24.3 Å². The highest BCUT2D eigenvalue weighted by atomic mass is 19.1. The van der Waals surface area contributed by atoms with Gasteiger partial charge in [0.05, 0.1) is 18.2 Å². The molecule has 2 aliphatic heterocycles. The molecule has 2 aliphatic rings. The van der Waals surface area contributed by atoms with E-state index < -0.39 is 5.60 Å². The third-order valence-corrected chi connectivity index (χ3v) is 6.91. The van der Waals surface area contributed by atoms with E-state index in [-0.39, 0.29) is 5.82 Å². The highest BCUT2D eigenvalue weighted by Crippen LogP contribution is 2.45. The number of fused-ring (bicyclic) bond motifs is 2. The molecule has 2 heterocycles. The van der Waals surface area contributed by atoms with Crippen molar-refractivity contribution in [2.75, 3.05) is 33.4 Å². The van der Waals surface area contributed by atoms with Gasteiger partial charge in [0.25, 0.3) is 0 Å². The van der Waals surface area contributed by atoms with Gasteiger partial charge >= 0.3 is 0 Å². The van der Waals surface area contributed by atoms with Gasteiger partial charge in [0, 0.05) is 6.54 Å². The smallest absolute Gasteiger partial charge is 0.161 e.